The molecule has 116 valence electrons. The predicted octanol–water partition coefficient (Wildman–Crippen LogP) is 0.694. The monoisotopic (exact) mass is 295 g/mol. The van der Waals surface area contributed by atoms with Crippen LogP contribution in [-0.2, 0) is 17.9 Å². The largest absolute Gasteiger partial charge is 0.481 e. The van der Waals surface area contributed by atoms with Crippen LogP contribution in [0.15, 0.2) is 6.33 Å². The third-order valence-electron chi connectivity index (χ3n) is 3.80. The second-order valence-electron chi connectivity index (χ2n) is 5.22. The van der Waals surface area contributed by atoms with Gasteiger partial charge in [-0.25, -0.2) is 4.79 Å². The Morgan fingerprint density at radius 3 is 2.76 bits per heavy atom. The molecule has 0 bridgehead atoms. The lowest BCUT2D eigenvalue weighted by atomic mass is 9.94. The Hall–Kier alpha value is -2.12. The molecule has 2 N–H and O–H groups in total. The number of likely N-dealkylation sites (tertiary alicyclic amines) is 1. The number of carboxylic acid groups (broad SMARTS) is 1. The lowest BCUT2D eigenvalue weighted by Crippen LogP contribution is -2.44. The van der Waals surface area contributed by atoms with Crippen molar-refractivity contribution in [3.8, 4) is 0 Å². The molecule has 0 aliphatic carbocycles. The summed E-state index contributed by atoms with van der Waals surface area (Å²) in [6.07, 6.45) is 3.31. The molecule has 1 aromatic heterocycles. The van der Waals surface area contributed by atoms with Crippen LogP contribution in [-0.4, -0.2) is 49.9 Å². The minimum absolute atomic E-state index is 0.130. The number of nitrogens with one attached hydrogen (secondary N) is 1. The number of rotatable bonds is 5. The lowest BCUT2D eigenvalue weighted by molar-refractivity contribution is -0.138. The van der Waals surface area contributed by atoms with Crippen LogP contribution in [0.1, 0.15) is 32.0 Å². The molecular weight excluding hydrogens is 274 g/mol. The second-order valence-corrected chi connectivity index (χ2v) is 5.22. The number of hydrogen-bond acceptors (Lipinski definition) is 4. The van der Waals surface area contributed by atoms with Crippen molar-refractivity contribution in [3.05, 3.63) is 12.2 Å². The molecular formula is C13H21N5O3. The first-order chi connectivity index (χ1) is 10.1. The molecule has 1 aliphatic rings. The first-order valence-electron chi connectivity index (χ1n) is 7.21. The summed E-state index contributed by atoms with van der Waals surface area (Å²) in [6, 6.07) is -0.130. The molecule has 2 amide bonds. The Bertz CT molecular complexity index is 494. The van der Waals surface area contributed by atoms with Crippen molar-refractivity contribution in [3.63, 3.8) is 0 Å². The van der Waals surface area contributed by atoms with Gasteiger partial charge in [-0.15, -0.1) is 10.2 Å². The van der Waals surface area contributed by atoms with Crippen LogP contribution in [0.3, 0.4) is 0 Å². The molecule has 0 spiro atoms. The first kappa shape index (κ1) is 15.3. The number of amides is 2. The van der Waals surface area contributed by atoms with Gasteiger partial charge in [-0.1, -0.05) is 0 Å². The number of hydrogen-bond donors (Lipinski definition) is 2. The number of aromatic nitrogens is 3. The van der Waals surface area contributed by atoms with Crippen LogP contribution in [0.4, 0.5) is 4.79 Å². The summed E-state index contributed by atoms with van der Waals surface area (Å²) < 4.78 is 1.87. The number of aryl methyl sites for hydroxylation is 1. The molecule has 0 atom stereocenters. The van der Waals surface area contributed by atoms with Crippen LogP contribution < -0.4 is 5.32 Å². The van der Waals surface area contributed by atoms with Gasteiger partial charge >= 0.3 is 12.0 Å². The highest BCUT2D eigenvalue weighted by molar-refractivity contribution is 5.74. The van der Waals surface area contributed by atoms with E-state index in [2.05, 4.69) is 15.5 Å². The summed E-state index contributed by atoms with van der Waals surface area (Å²) >= 11 is 0. The standard InChI is InChI=1S/C13H21N5O3/c1-2-17-9-15-16-11(17)8-14-13(21)18-5-3-10(4-6-18)7-12(19)20/h9-10H,2-8H2,1H3,(H,14,21)(H,19,20). The van der Waals surface area contributed by atoms with Crippen molar-refractivity contribution >= 4 is 12.0 Å². The SMILES string of the molecule is CCn1cnnc1CNC(=O)N1CCC(CC(=O)O)CC1. The summed E-state index contributed by atoms with van der Waals surface area (Å²) in [4.78, 5) is 24.5. The van der Waals surface area contributed by atoms with Crippen molar-refractivity contribution in [2.75, 3.05) is 13.1 Å². The van der Waals surface area contributed by atoms with Crippen molar-refractivity contribution in [2.45, 2.75) is 39.3 Å². The second kappa shape index (κ2) is 7.05. The van der Waals surface area contributed by atoms with Crippen LogP contribution in [0.2, 0.25) is 0 Å². The third kappa shape index (κ3) is 4.17. The zero-order chi connectivity index (χ0) is 15.2. The van der Waals surface area contributed by atoms with E-state index in [0.717, 1.165) is 25.2 Å². The molecule has 1 saturated heterocycles. The molecule has 8 nitrogen and oxygen atoms in total. The number of carbonyl (C=O) groups is 2. The highest BCUT2D eigenvalue weighted by Gasteiger charge is 2.24. The highest BCUT2D eigenvalue weighted by Crippen LogP contribution is 2.20. The van der Waals surface area contributed by atoms with Crippen molar-refractivity contribution in [1.82, 2.24) is 25.0 Å². The lowest BCUT2D eigenvalue weighted by Gasteiger charge is -2.31. The summed E-state index contributed by atoms with van der Waals surface area (Å²) in [5, 5.41) is 19.4. The maximum absolute atomic E-state index is 12.1. The van der Waals surface area contributed by atoms with Crippen LogP contribution >= 0.6 is 0 Å². The van der Waals surface area contributed by atoms with Gasteiger partial charge in [0.1, 0.15) is 6.33 Å². The predicted molar refractivity (Wildman–Crippen MR) is 74.5 cm³/mol. The Kier molecular flexibility index (Phi) is 5.13. The number of urea groups is 1. The van der Waals surface area contributed by atoms with E-state index in [1.54, 1.807) is 11.2 Å². The molecule has 0 radical (unpaired) electrons. The number of nitrogens with zero attached hydrogens (tertiary/aromatic N) is 4. The fourth-order valence-corrected chi connectivity index (χ4v) is 2.53. The molecule has 0 saturated carbocycles. The van der Waals surface area contributed by atoms with Gasteiger partial charge in [-0.2, -0.15) is 0 Å². The molecule has 1 aromatic rings. The van der Waals surface area contributed by atoms with E-state index >= 15 is 0 Å². The third-order valence-corrected chi connectivity index (χ3v) is 3.80. The average Bonchev–Trinajstić information content (AvgIpc) is 2.92. The van der Waals surface area contributed by atoms with Gasteiger partial charge in [0.2, 0.25) is 0 Å². The molecule has 2 heterocycles. The Labute approximate surface area is 123 Å². The normalized spacial score (nSPS) is 16.0. The van der Waals surface area contributed by atoms with E-state index in [0.29, 0.717) is 19.6 Å². The van der Waals surface area contributed by atoms with E-state index in [1.807, 2.05) is 11.5 Å². The molecule has 0 unspecified atom stereocenters. The molecule has 1 aliphatic heterocycles. The van der Waals surface area contributed by atoms with Gasteiger partial charge in [0.15, 0.2) is 5.82 Å². The van der Waals surface area contributed by atoms with Gasteiger partial charge in [-0.3, -0.25) is 4.79 Å². The van der Waals surface area contributed by atoms with Crippen LogP contribution in [0, 0.1) is 5.92 Å². The Morgan fingerprint density at radius 2 is 2.14 bits per heavy atom. The number of piperidine rings is 1. The van der Waals surface area contributed by atoms with E-state index < -0.39 is 5.97 Å². The minimum Gasteiger partial charge on any atom is -0.481 e. The van der Waals surface area contributed by atoms with Crippen molar-refractivity contribution in [1.29, 1.82) is 0 Å². The summed E-state index contributed by atoms with van der Waals surface area (Å²) in [5.74, 6) is 0.137. The zero-order valence-corrected chi connectivity index (χ0v) is 12.2. The van der Waals surface area contributed by atoms with Crippen molar-refractivity contribution < 1.29 is 14.7 Å². The quantitative estimate of drug-likeness (QED) is 0.832. The molecule has 1 fully saturated rings. The van der Waals surface area contributed by atoms with Crippen LogP contribution in [0.5, 0.6) is 0 Å². The number of carbonyl (C=O) groups excluding carboxylic acids is 1. The van der Waals surface area contributed by atoms with E-state index in [9.17, 15) is 9.59 Å². The summed E-state index contributed by atoms with van der Waals surface area (Å²) in [7, 11) is 0. The Balaban J connectivity index is 1.76. The smallest absolute Gasteiger partial charge is 0.317 e. The van der Waals surface area contributed by atoms with Gasteiger partial charge in [0, 0.05) is 26.1 Å². The van der Waals surface area contributed by atoms with Gasteiger partial charge < -0.3 is 19.9 Å². The molecule has 21 heavy (non-hydrogen) atoms. The number of aliphatic carboxylic acids is 1. The molecule has 0 aromatic carbocycles. The van der Waals surface area contributed by atoms with Gasteiger partial charge in [0.25, 0.3) is 0 Å². The topological polar surface area (TPSA) is 100 Å². The first-order valence-corrected chi connectivity index (χ1v) is 7.21. The highest BCUT2D eigenvalue weighted by atomic mass is 16.4. The number of carboxylic acids is 1. The van der Waals surface area contributed by atoms with E-state index in [4.69, 9.17) is 5.11 Å². The zero-order valence-electron chi connectivity index (χ0n) is 12.2. The van der Waals surface area contributed by atoms with E-state index in [-0.39, 0.29) is 18.4 Å². The van der Waals surface area contributed by atoms with E-state index in [1.165, 1.54) is 0 Å². The minimum atomic E-state index is -0.767. The van der Waals surface area contributed by atoms with Crippen molar-refractivity contribution in [2.24, 2.45) is 5.92 Å². The maximum Gasteiger partial charge on any atom is 0.317 e. The Morgan fingerprint density at radius 1 is 1.43 bits per heavy atom. The summed E-state index contributed by atoms with van der Waals surface area (Å²) in [6.45, 7) is 4.30. The van der Waals surface area contributed by atoms with Gasteiger partial charge in [0.05, 0.1) is 6.54 Å². The fraction of sp³-hybridized carbons (Fsp3) is 0.692. The van der Waals surface area contributed by atoms with Crippen LogP contribution in [0.25, 0.3) is 0 Å². The molecule has 8 heteroatoms. The molecule has 2 rings (SSSR count). The van der Waals surface area contributed by atoms with Gasteiger partial charge in [-0.05, 0) is 25.7 Å². The maximum atomic E-state index is 12.1. The fourth-order valence-electron chi connectivity index (χ4n) is 2.53. The average molecular weight is 295 g/mol. The summed E-state index contributed by atoms with van der Waals surface area (Å²) in [5.41, 5.74) is 0.